The van der Waals surface area contributed by atoms with E-state index in [4.69, 9.17) is 0 Å². The van der Waals surface area contributed by atoms with Crippen LogP contribution in [0.4, 0.5) is 0 Å². The second kappa shape index (κ2) is 18.3. The molecule has 0 aliphatic carbocycles. The Balaban J connectivity index is -0.0000000625. The summed E-state index contributed by atoms with van der Waals surface area (Å²) in [6, 6.07) is 0. The summed E-state index contributed by atoms with van der Waals surface area (Å²) < 4.78 is 0. The number of aliphatic carboxylic acids is 2. The molecule has 0 saturated heterocycles. The number of rotatable bonds is 4. The van der Waals surface area contributed by atoms with Gasteiger partial charge in [-0.1, -0.05) is 26.7 Å². The number of hydrogen-bond donors (Lipinski definition) is 0. The molecule has 83 valence electrons. The Morgan fingerprint density at radius 1 is 0.929 bits per heavy atom. The van der Waals surface area contributed by atoms with Gasteiger partial charge in [0, 0.05) is 11.9 Å². The van der Waals surface area contributed by atoms with E-state index in [1.165, 1.54) is 0 Å². The summed E-state index contributed by atoms with van der Waals surface area (Å²) in [6.45, 7) is 3.60. The van der Waals surface area contributed by atoms with Crippen LogP contribution in [0.2, 0.25) is 0 Å². The average Bonchev–Trinajstić information content (AvgIpc) is 1.87. The largest absolute Gasteiger partial charge is 3.00 e. The van der Waals surface area contributed by atoms with Crippen LogP contribution in [-0.4, -0.2) is 11.9 Å². The molecule has 5 heteroatoms. The number of carboxylic acids is 2. The Morgan fingerprint density at radius 2 is 1.14 bits per heavy atom. The maximum atomic E-state index is 9.49. The van der Waals surface area contributed by atoms with Gasteiger partial charge in [0.05, 0.1) is 0 Å². The average molecular weight is 241 g/mol. The first kappa shape index (κ1) is 23.4. The summed E-state index contributed by atoms with van der Waals surface area (Å²) in [5.74, 6) is -1.92. The van der Waals surface area contributed by atoms with Gasteiger partial charge >= 0.3 is 17.4 Å². The number of carbonyl (C=O) groups is 2. The Hall–Kier alpha value is -0.528. The summed E-state index contributed by atoms with van der Waals surface area (Å²) >= 11 is 0. The first-order valence-electron chi connectivity index (χ1n) is 3.94. The molecule has 0 unspecified atom stereocenters. The van der Waals surface area contributed by atoms with Crippen molar-refractivity contribution in [1.82, 2.24) is 0 Å². The van der Waals surface area contributed by atoms with E-state index in [0.717, 1.165) is 0 Å². The standard InChI is InChI=1S/2C4H8O2.CH3.Cr/c2*1-2-3-4(5)6;;/h2*2-3H2,1H3,(H,5,6);1H3;/q;;-1;+3/p-2. The second-order valence-electron chi connectivity index (χ2n) is 2.24. The molecule has 4 nitrogen and oxygen atoms in total. The molecule has 0 saturated carbocycles. The summed E-state index contributed by atoms with van der Waals surface area (Å²) in [4.78, 5) is 19.0. The van der Waals surface area contributed by atoms with Crippen molar-refractivity contribution >= 4 is 11.9 Å². The fourth-order valence-corrected chi connectivity index (χ4v) is 0.408. The third-order valence-electron chi connectivity index (χ3n) is 0.908. The van der Waals surface area contributed by atoms with Crippen LogP contribution in [0.1, 0.15) is 39.5 Å². The van der Waals surface area contributed by atoms with Crippen LogP contribution < -0.4 is 10.2 Å². The normalized spacial score (nSPS) is 7.00. The molecule has 0 aromatic rings. The van der Waals surface area contributed by atoms with Crippen molar-refractivity contribution in [3.05, 3.63) is 7.43 Å². The van der Waals surface area contributed by atoms with Crippen molar-refractivity contribution in [2.24, 2.45) is 0 Å². The smallest absolute Gasteiger partial charge is 0.550 e. The van der Waals surface area contributed by atoms with E-state index < -0.39 is 11.9 Å². The van der Waals surface area contributed by atoms with Gasteiger partial charge < -0.3 is 27.2 Å². The van der Waals surface area contributed by atoms with Gasteiger partial charge in [0.25, 0.3) is 0 Å². The van der Waals surface area contributed by atoms with E-state index in [-0.39, 0.29) is 37.6 Å². The summed E-state index contributed by atoms with van der Waals surface area (Å²) in [7, 11) is 0. The zero-order valence-electron chi connectivity index (χ0n) is 8.87. The predicted octanol–water partition coefficient (Wildman–Crippen LogP) is -0.479. The number of hydrogen-bond acceptors (Lipinski definition) is 4. The van der Waals surface area contributed by atoms with Gasteiger partial charge in [-0.25, -0.2) is 0 Å². The molecule has 0 aliphatic rings. The van der Waals surface area contributed by atoms with Crippen LogP contribution in [-0.2, 0) is 27.0 Å². The molecule has 0 aromatic carbocycles. The van der Waals surface area contributed by atoms with Crippen molar-refractivity contribution in [2.75, 3.05) is 0 Å². The predicted molar refractivity (Wildman–Crippen MR) is 46.2 cm³/mol. The minimum absolute atomic E-state index is 0. The van der Waals surface area contributed by atoms with E-state index >= 15 is 0 Å². The van der Waals surface area contributed by atoms with Crippen molar-refractivity contribution in [2.45, 2.75) is 39.5 Å². The quantitative estimate of drug-likeness (QED) is 0.623. The summed E-state index contributed by atoms with van der Waals surface area (Å²) in [5.41, 5.74) is 0. The first-order valence-corrected chi connectivity index (χ1v) is 3.94. The molecule has 0 amide bonds. The number of carbonyl (C=O) groups excluding carboxylic acids is 2. The minimum Gasteiger partial charge on any atom is -0.550 e. The van der Waals surface area contributed by atoms with E-state index in [1.54, 1.807) is 13.8 Å². The molecule has 0 bridgehead atoms. The topological polar surface area (TPSA) is 80.3 Å². The molecule has 0 aromatic heterocycles. The molecule has 0 rings (SSSR count). The van der Waals surface area contributed by atoms with Gasteiger partial charge in [-0.15, -0.1) is 0 Å². The third kappa shape index (κ3) is 42.0. The molecule has 0 spiro atoms. The van der Waals surface area contributed by atoms with Crippen LogP contribution in [0.3, 0.4) is 0 Å². The van der Waals surface area contributed by atoms with Gasteiger partial charge in [0.2, 0.25) is 0 Å². The van der Waals surface area contributed by atoms with Crippen LogP contribution >= 0.6 is 0 Å². The van der Waals surface area contributed by atoms with E-state index in [1.807, 2.05) is 0 Å². The fraction of sp³-hybridized carbons (Fsp3) is 0.667. The van der Waals surface area contributed by atoms with E-state index in [0.29, 0.717) is 12.8 Å². The van der Waals surface area contributed by atoms with Gasteiger partial charge in [-0.3, -0.25) is 0 Å². The minimum atomic E-state index is -0.961. The fourth-order valence-electron chi connectivity index (χ4n) is 0.408. The zero-order valence-corrected chi connectivity index (χ0v) is 10.1. The first-order chi connectivity index (χ1) is 5.54. The maximum absolute atomic E-state index is 9.49. The molecule has 0 fully saturated rings. The molecule has 0 aliphatic heterocycles. The van der Waals surface area contributed by atoms with Crippen molar-refractivity contribution in [3.63, 3.8) is 0 Å². The van der Waals surface area contributed by atoms with Crippen molar-refractivity contribution in [3.8, 4) is 0 Å². The molecular weight excluding hydrogens is 224 g/mol. The molecule has 14 heavy (non-hydrogen) atoms. The SMILES string of the molecule is CCCC(=O)[O-].CCCC(=O)[O-].[CH3-].[Cr+3]. The monoisotopic (exact) mass is 241 g/mol. The molecule has 1 radical (unpaired) electrons. The maximum Gasteiger partial charge on any atom is 3.00 e. The van der Waals surface area contributed by atoms with Crippen molar-refractivity contribution < 1.29 is 37.2 Å². The molecule has 0 N–H and O–H groups in total. The van der Waals surface area contributed by atoms with Crippen LogP contribution in [0.5, 0.6) is 0 Å². The van der Waals surface area contributed by atoms with E-state index in [9.17, 15) is 19.8 Å². The molecule has 0 atom stereocenters. The number of carboxylic acid groups (broad SMARTS) is 2. The van der Waals surface area contributed by atoms with Gasteiger partial charge in [-0.2, -0.15) is 0 Å². The van der Waals surface area contributed by atoms with Crippen LogP contribution in [0.15, 0.2) is 0 Å². The van der Waals surface area contributed by atoms with Crippen LogP contribution in [0.25, 0.3) is 0 Å². The molecule has 0 heterocycles. The van der Waals surface area contributed by atoms with Crippen molar-refractivity contribution in [1.29, 1.82) is 0 Å². The Labute approximate surface area is 96.5 Å². The Morgan fingerprint density at radius 3 is 1.14 bits per heavy atom. The van der Waals surface area contributed by atoms with E-state index in [2.05, 4.69) is 0 Å². The summed E-state index contributed by atoms with van der Waals surface area (Å²) in [6.07, 6.45) is 1.70. The van der Waals surface area contributed by atoms with Crippen LogP contribution in [0, 0.1) is 7.43 Å². The summed E-state index contributed by atoms with van der Waals surface area (Å²) in [5, 5.41) is 19.0. The van der Waals surface area contributed by atoms with Gasteiger partial charge in [-0.05, 0) is 12.8 Å². The zero-order chi connectivity index (χ0) is 9.98. The Kier molecular flexibility index (Phi) is 30.5. The second-order valence-corrected chi connectivity index (χ2v) is 2.24. The molecular formula is C9H17CrO4. The van der Waals surface area contributed by atoms with Gasteiger partial charge in [0.15, 0.2) is 0 Å². The third-order valence-corrected chi connectivity index (χ3v) is 0.908. The Bertz CT molecular complexity index is 121. The van der Waals surface area contributed by atoms with Gasteiger partial charge in [0.1, 0.15) is 0 Å².